The third kappa shape index (κ3) is 6.31. The Hall–Kier alpha value is -2.37. The van der Waals surface area contributed by atoms with Gasteiger partial charge in [0.15, 0.2) is 0 Å². The van der Waals surface area contributed by atoms with Gasteiger partial charge >= 0.3 is 5.97 Å². The van der Waals surface area contributed by atoms with E-state index in [9.17, 15) is 9.90 Å². The third-order valence-electron chi connectivity index (χ3n) is 5.47. The van der Waals surface area contributed by atoms with Crippen LogP contribution in [-0.2, 0) is 4.79 Å². The second-order valence-corrected chi connectivity index (χ2v) is 7.64. The Balaban J connectivity index is 2.26. The highest BCUT2D eigenvalue weighted by Gasteiger charge is 2.26. The van der Waals surface area contributed by atoms with Gasteiger partial charge in [-0.3, -0.25) is 0 Å². The molecule has 2 rings (SSSR count). The van der Waals surface area contributed by atoms with Gasteiger partial charge in [-0.05, 0) is 55.7 Å². The lowest BCUT2D eigenvalue weighted by Crippen LogP contribution is -2.17. The number of carbonyl (C=O) groups is 1. The maximum atomic E-state index is 12.1. The Bertz CT molecular complexity index is 757. The van der Waals surface area contributed by atoms with Crippen LogP contribution >= 0.6 is 0 Å². The summed E-state index contributed by atoms with van der Waals surface area (Å²) >= 11 is 0. The van der Waals surface area contributed by atoms with E-state index < -0.39 is 12.6 Å². The van der Waals surface area contributed by atoms with Crippen LogP contribution in [0.1, 0.15) is 56.9 Å². The highest BCUT2D eigenvalue weighted by atomic mass is 16.5. The zero-order valence-electron chi connectivity index (χ0n) is 17.3. The van der Waals surface area contributed by atoms with Crippen molar-refractivity contribution in [2.24, 2.45) is 5.92 Å². The average Bonchev–Trinajstić information content (AvgIpc) is 2.74. The van der Waals surface area contributed by atoms with Crippen LogP contribution in [0, 0.1) is 5.92 Å². The minimum Gasteiger partial charge on any atom is -0.458 e. The summed E-state index contributed by atoms with van der Waals surface area (Å²) in [5.41, 5.74) is 1.32. The largest absolute Gasteiger partial charge is 0.458 e. The maximum absolute atomic E-state index is 12.1. The molecule has 0 amide bonds. The summed E-state index contributed by atoms with van der Waals surface area (Å²) in [5, 5.41) is 18.3. The summed E-state index contributed by atoms with van der Waals surface area (Å²) in [6.45, 7) is 12.6. The predicted molar refractivity (Wildman–Crippen MR) is 114 cm³/mol. The molecular formula is C24H32O5. The van der Waals surface area contributed by atoms with Crippen LogP contribution in [0.3, 0.4) is 0 Å². The van der Waals surface area contributed by atoms with Crippen LogP contribution in [0.4, 0.5) is 0 Å². The molecule has 0 heterocycles. The molecule has 0 spiro atoms. The minimum absolute atomic E-state index is 0.00977. The topological polar surface area (TPSA) is 76.0 Å². The number of aliphatic hydroxyl groups excluding tert-OH is 2. The molecule has 0 saturated heterocycles. The van der Waals surface area contributed by atoms with E-state index in [1.807, 2.05) is 6.07 Å². The van der Waals surface area contributed by atoms with Gasteiger partial charge in [0.25, 0.3) is 0 Å². The van der Waals surface area contributed by atoms with Gasteiger partial charge in [0, 0.05) is 11.1 Å². The number of benzene rings is 1. The van der Waals surface area contributed by atoms with Gasteiger partial charge in [0.05, 0.1) is 18.8 Å². The van der Waals surface area contributed by atoms with Gasteiger partial charge in [-0.2, -0.15) is 0 Å². The van der Waals surface area contributed by atoms with Crippen molar-refractivity contribution in [3.05, 3.63) is 60.4 Å². The van der Waals surface area contributed by atoms with Crippen molar-refractivity contribution in [3.63, 3.8) is 0 Å². The first kappa shape index (κ1) is 22.9. The van der Waals surface area contributed by atoms with Gasteiger partial charge in [-0.25, -0.2) is 4.79 Å². The molecule has 29 heavy (non-hydrogen) atoms. The first-order valence-electron chi connectivity index (χ1n) is 10.2. The van der Waals surface area contributed by atoms with E-state index in [1.54, 1.807) is 12.1 Å². The highest BCUT2D eigenvalue weighted by molar-refractivity contribution is 5.89. The van der Waals surface area contributed by atoms with Crippen LogP contribution in [0.25, 0.3) is 0 Å². The van der Waals surface area contributed by atoms with Crippen LogP contribution in [0.2, 0.25) is 0 Å². The Morgan fingerprint density at radius 2 is 1.69 bits per heavy atom. The predicted octanol–water partition coefficient (Wildman–Crippen LogP) is 4.66. The fourth-order valence-corrected chi connectivity index (χ4v) is 3.71. The van der Waals surface area contributed by atoms with E-state index in [1.165, 1.54) is 12.8 Å². The second kappa shape index (κ2) is 11.0. The van der Waals surface area contributed by atoms with Crippen LogP contribution < -0.4 is 9.47 Å². The lowest BCUT2D eigenvalue weighted by molar-refractivity contribution is -0.130. The third-order valence-corrected chi connectivity index (χ3v) is 5.47. The summed E-state index contributed by atoms with van der Waals surface area (Å²) in [6, 6.07) is 5.25. The number of esters is 1. The number of hydrogen-bond donors (Lipinski definition) is 2. The molecule has 0 unspecified atom stereocenters. The van der Waals surface area contributed by atoms with Crippen molar-refractivity contribution in [2.45, 2.75) is 51.4 Å². The molecule has 0 bridgehead atoms. The van der Waals surface area contributed by atoms with E-state index in [0.29, 0.717) is 22.8 Å². The monoisotopic (exact) mass is 400 g/mol. The molecule has 158 valence electrons. The second-order valence-electron chi connectivity index (χ2n) is 7.64. The van der Waals surface area contributed by atoms with Crippen LogP contribution in [-0.4, -0.2) is 29.4 Å². The molecule has 0 radical (unpaired) electrons. The molecule has 5 heteroatoms. The number of carbonyl (C=O) groups excluding carboxylic acids is 1. The van der Waals surface area contributed by atoms with E-state index in [-0.39, 0.29) is 18.1 Å². The van der Waals surface area contributed by atoms with Gasteiger partial charge < -0.3 is 19.7 Å². The molecule has 0 atom stereocenters. The van der Waals surface area contributed by atoms with E-state index in [2.05, 4.69) is 26.7 Å². The van der Waals surface area contributed by atoms with E-state index >= 15 is 0 Å². The van der Waals surface area contributed by atoms with Gasteiger partial charge in [-0.15, -0.1) is 0 Å². The molecule has 1 aliphatic carbocycles. The van der Waals surface area contributed by atoms with Crippen molar-refractivity contribution in [1.29, 1.82) is 0 Å². The Morgan fingerprint density at radius 1 is 1.03 bits per heavy atom. The molecule has 0 aromatic heterocycles. The first-order chi connectivity index (χ1) is 13.9. The summed E-state index contributed by atoms with van der Waals surface area (Å²) < 4.78 is 11.3. The highest BCUT2D eigenvalue weighted by Crippen LogP contribution is 2.42. The smallest absolute Gasteiger partial charge is 0.341 e. The molecule has 1 aromatic rings. The first-order valence-corrected chi connectivity index (χ1v) is 10.2. The molecule has 1 aliphatic rings. The Kier molecular flexibility index (Phi) is 8.68. The maximum Gasteiger partial charge on any atom is 0.341 e. The standard InChI is InChI=1S/C24H32O5/c1-5-6-19-7-9-20(10-8-19)22-13-21(28-18(4)16(2)14-25)11-12-23(22)29-24(27)17(3)15-26/h11-13,19-20,25-26H,2-10,14-15H2,1H3. The van der Waals surface area contributed by atoms with Gasteiger partial charge in [0.2, 0.25) is 0 Å². The normalized spacial score (nSPS) is 18.7. The number of ether oxygens (including phenoxy) is 2. The molecule has 5 nitrogen and oxygen atoms in total. The molecular weight excluding hydrogens is 368 g/mol. The van der Waals surface area contributed by atoms with E-state index in [4.69, 9.17) is 14.6 Å². The number of aliphatic hydroxyl groups is 2. The fourth-order valence-electron chi connectivity index (χ4n) is 3.71. The number of rotatable bonds is 10. The fraction of sp³-hybridized carbons (Fsp3) is 0.458. The minimum atomic E-state index is -0.639. The lowest BCUT2D eigenvalue weighted by Gasteiger charge is -2.29. The van der Waals surface area contributed by atoms with Crippen molar-refractivity contribution in [1.82, 2.24) is 0 Å². The van der Waals surface area contributed by atoms with E-state index in [0.717, 1.165) is 37.2 Å². The van der Waals surface area contributed by atoms with Crippen molar-refractivity contribution < 1.29 is 24.5 Å². The molecule has 1 saturated carbocycles. The van der Waals surface area contributed by atoms with Gasteiger partial charge in [0.1, 0.15) is 17.3 Å². The van der Waals surface area contributed by atoms with Gasteiger partial charge in [-0.1, -0.05) is 39.5 Å². The van der Waals surface area contributed by atoms with Crippen molar-refractivity contribution in [2.75, 3.05) is 13.2 Å². The average molecular weight is 401 g/mol. The SMILES string of the molecule is C=C(CO)C(=C)Oc1ccc(OC(=O)C(=C)CO)c(C2CCC(CCC)CC2)c1. The lowest BCUT2D eigenvalue weighted by atomic mass is 9.77. The summed E-state index contributed by atoms with van der Waals surface area (Å²) in [4.78, 5) is 12.1. The van der Waals surface area contributed by atoms with Crippen molar-refractivity contribution >= 4 is 5.97 Å². The Labute approximate surface area is 173 Å². The van der Waals surface area contributed by atoms with Crippen LogP contribution in [0.5, 0.6) is 11.5 Å². The zero-order valence-corrected chi connectivity index (χ0v) is 17.3. The zero-order chi connectivity index (χ0) is 21.4. The van der Waals surface area contributed by atoms with Crippen molar-refractivity contribution in [3.8, 4) is 11.5 Å². The number of hydrogen-bond acceptors (Lipinski definition) is 5. The summed E-state index contributed by atoms with van der Waals surface area (Å²) in [5.74, 6) is 1.68. The molecule has 1 aromatic carbocycles. The Morgan fingerprint density at radius 3 is 2.28 bits per heavy atom. The molecule has 1 fully saturated rings. The molecule has 2 N–H and O–H groups in total. The molecule has 0 aliphatic heterocycles. The quantitative estimate of drug-likeness (QED) is 0.196. The van der Waals surface area contributed by atoms with Crippen LogP contribution in [0.15, 0.2) is 54.8 Å². The summed E-state index contributed by atoms with van der Waals surface area (Å²) in [7, 11) is 0. The summed E-state index contributed by atoms with van der Waals surface area (Å²) in [6.07, 6.45) is 6.77.